The first kappa shape index (κ1) is 17.7. The van der Waals surface area contributed by atoms with Crippen LogP contribution in [0.5, 0.6) is 0 Å². The van der Waals surface area contributed by atoms with E-state index in [4.69, 9.17) is 0 Å². The number of carbonyl (C=O) groups excluding carboxylic acids is 1. The van der Waals surface area contributed by atoms with Crippen molar-refractivity contribution in [2.75, 3.05) is 0 Å². The molecular weight excluding hydrogens is 264 g/mol. The van der Waals surface area contributed by atoms with Gasteiger partial charge < -0.3 is 5.32 Å². The molecule has 0 spiro atoms. The first-order chi connectivity index (χ1) is 9.56. The highest BCUT2D eigenvalue weighted by Gasteiger charge is 2.23. The lowest BCUT2D eigenvalue weighted by molar-refractivity contribution is -0.124. The monoisotopic (exact) mass is 294 g/mol. The number of nitrogens with one attached hydrogen (secondary N) is 2. The molecule has 0 saturated heterocycles. The first-order valence-electron chi connectivity index (χ1n) is 7.68. The van der Waals surface area contributed by atoms with Crippen LogP contribution in [0.15, 0.2) is 0 Å². The predicted octanol–water partition coefficient (Wildman–Crippen LogP) is 2.47. The van der Waals surface area contributed by atoms with Crippen molar-refractivity contribution in [2.45, 2.75) is 79.6 Å². The van der Waals surface area contributed by atoms with Gasteiger partial charge in [0.2, 0.25) is 5.91 Å². The molecule has 2 unspecified atom stereocenters. The van der Waals surface area contributed by atoms with Crippen LogP contribution >= 0.6 is 0 Å². The number of aromatic nitrogens is 2. The van der Waals surface area contributed by atoms with Crippen molar-refractivity contribution in [3.8, 4) is 0 Å². The molecular formula is C16H30N4O. The molecule has 1 aromatic heterocycles. The second kappa shape index (κ2) is 6.60. The van der Waals surface area contributed by atoms with E-state index in [0.717, 1.165) is 12.2 Å². The molecule has 0 radical (unpaired) electrons. The van der Waals surface area contributed by atoms with Gasteiger partial charge in [-0.05, 0) is 55.4 Å². The number of aryl methyl sites for hydroxylation is 2. The zero-order valence-corrected chi connectivity index (χ0v) is 14.7. The number of hydrogen-bond donors (Lipinski definition) is 2. The Labute approximate surface area is 128 Å². The summed E-state index contributed by atoms with van der Waals surface area (Å²) in [5.74, 6) is 0.0209. The van der Waals surface area contributed by atoms with Crippen molar-refractivity contribution in [3.63, 3.8) is 0 Å². The van der Waals surface area contributed by atoms with Gasteiger partial charge in [-0.25, -0.2) is 0 Å². The minimum absolute atomic E-state index is 0.0209. The second-order valence-corrected chi connectivity index (χ2v) is 6.75. The maximum absolute atomic E-state index is 12.2. The van der Waals surface area contributed by atoms with E-state index in [1.54, 1.807) is 0 Å². The highest BCUT2D eigenvalue weighted by molar-refractivity contribution is 5.82. The van der Waals surface area contributed by atoms with Crippen LogP contribution in [0.3, 0.4) is 0 Å². The van der Waals surface area contributed by atoms with Crippen LogP contribution in [-0.2, 0) is 11.3 Å². The van der Waals surface area contributed by atoms with Crippen molar-refractivity contribution in [2.24, 2.45) is 0 Å². The van der Waals surface area contributed by atoms with Crippen molar-refractivity contribution < 1.29 is 4.79 Å². The molecule has 5 nitrogen and oxygen atoms in total. The minimum atomic E-state index is -0.247. The van der Waals surface area contributed by atoms with E-state index in [2.05, 4.69) is 36.5 Å². The summed E-state index contributed by atoms with van der Waals surface area (Å²) in [7, 11) is 0. The lowest BCUT2D eigenvalue weighted by Gasteiger charge is -2.25. The van der Waals surface area contributed by atoms with Crippen LogP contribution in [0.4, 0.5) is 0 Å². The van der Waals surface area contributed by atoms with Crippen molar-refractivity contribution in [3.05, 3.63) is 17.0 Å². The van der Waals surface area contributed by atoms with E-state index in [9.17, 15) is 4.79 Å². The van der Waals surface area contributed by atoms with Crippen LogP contribution in [0, 0.1) is 13.8 Å². The summed E-state index contributed by atoms with van der Waals surface area (Å²) in [6.07, 6.45) is 0. The van der Waals surface area contributed by atoms with E-state index >= 15 is 0 Å². The van der Waals surface area contributed by atoms with Gasteiger partial charge >= 0.3 is 0 Å². The Morgan fingerprint density at radius 1 is 1.29 bits per heavy atom. The Balaban J connectivity index is 2.79. The van der Waals surface area contributed by atoms with Crippen molar-refractivity contribution in [1.82, 2.24) is 20.4 Å². The third-order valence-corrected chi connectivity index (χ3v) is 3.56. The van der Waals surface area contributed by atoms with E-state index in [1.165, 1.54) is 11.3 Å². The van der Waals surface area contributed by atoms with Gasteiger partial charge in [0.15, 0.2) is 0 Å². The fourth-order valence-electron chi connectivity index (χ4n) is 2.66. The Hall–Kier alpha value is -1.36. The van der Waals surface area contributed by atoms with Gasteiger partial charge in [0.25, 0.3) is 0 Å². The summed E-state index contributed by atoms with van der Waals surface area (Å²) < 4.78 is 2.00. The molecule has 120 valence electrons. The summed E-state index contributed by atoms with van der Waals surface area (Å²) in [4.78, 5) is 12.2. The molecule has 2 atom stereocenters. The standard InChI is InChI=1S/C16H30N4O/c1-9-20-13(5)14(11(3)19-20)10(2)17-12(4)15(21)18-16(6,7)8/h10,12,17H,9H2,1-8H3,(H,18,21). The molecule has 0 aliphatic rings. The van der Waals surface area contributed by atoms with Gasteiger partial charge in [0.05, 0.1) is 11.7 Å². The number of carbonyl (C=O) groups is 1. The lowest BCUT2D eigenvalue weighted by atomic mass is 10.0. The van der Waals surface area contributed by atoms with Crippen LogP contribution < -0.4 is 10.6 Å². The topological polar surface area (TPSA) is 59.0 Å². The fraction of sp³-hybridized carbons (Fsp3) is 0.750. The Kier molecular flexibility index (Phi) is 5.56. The summed E-state index contributed by atoms with van der Waals surface area (Å²) in [6.45, 7) is 17.0. The van der Waals surface area contributed by atoms with Gasteiger partial charge in [0, 0.05) is 29.4 Å². The van der Waals surface area contributed by atoms with E-state index in [0.29, 0.717) is 0 Å². The van der Waals surface area contributed by atoms with Crippen LogP contribution in [0.25, 0.3) is 0 Å². The van der Waals surface area contributed by atoms with Crippen LogP contribution in [0.2, 0.25) is 0 Å². The fourth-order valence-corrected chi connectivity index (χ4v) is 2.66. The van der Waals surface area contributed by atoms with Crippen molar-refractivity contribution >= 4 is 5.91 Å². The number of hydrogen-bond acceptors (Lipinski definition) is 3. The quantitative estimate of drug-likeness (QED) is 0.877. The highest BCUT2D eigenvalue weighted by Crippen LogP contribution is 2.21. The highest BCUT2D eigenvalue weighted by atomic mass is 16.2. The van der Waals surface area contributed by atoms with Gasteiger partial charge in [-0.15, -0.1) is 0 Å². The summed E-state index contributed by atoms with van der Waals surface area (Å²) in [5, 5.41) is 10.9. The maximum atomic E-state index is 12.2. The summed E-state index contributed by atoms with van der Waals surface area (Å²) >= 11 is 0. The maximum Gasteiger partial charge on any atom is 0.237 e. The molecule has 0 bridgehead atoms. The molecule has 1 aromatic rings. The number of nitrogens with zero attached hydrogens (tertiary/aromatic N) is 2. The molecule has 0 fully saturated rings. The van der Waals surface area contributed by atoms with E-state index in [1.807, 2.05) is 39.3 Å². The largest absolute Gasteiger partial charge is 0.350 e. The number of amides is 1. The molecule has 0 aliphatic heterocycles. The molecule has 1 rings (SSSR count). The number of rotatable bonds is 5. The Bertz CT molecular complexity index is 499. The van der Waals surface area contributed by atoms with Gasteiger partial charge in [-0.1, -0.05) is 0 Å². The van der Waals surface area contributed by atoms with Gasteiger partial charge in [0.1, 0.15) is 0 Å². The van der Waals surface area contributed by atoms with E-state index in [-0.39, 0.29) is 23.5 Å². The van der Waals surface area contributed by atoms with Crippen LogP contribution in [0.1, 0.15) is 64.5 Å². The molecule has 1 amide bonds. The smallest absolute Gasteiger partial charge is 0.237 e. The van der Waals surface area contributed by atoms with Gasteiger partial charge in [-0.2, -0.15) is 5.10 Å². The molecule has 0 aromatic carbocycles. The third kappa shape index (κ3) is 4.56. The average molecular weight is 294 g/mol. The molecule has 0 aliphatic carbocycles. The normalized spacial score (nSPS) is 14.9. The minimum Gasteiger partial charge on any atom is -0.350 e. The van der Waals surface area contributed by atoms with Crippen LogP contribution in [-0.4, -0.2) is 27.3 Å². The second-order valence-electron chi connectivity index (χ2n) is 6.75. The Morgan fingerprint density at radius 2 is 1.86 bits per heavy atom. The molecule has 0 saturated carbocycles. The molecule has 1 heterocycles. The predicted molar refractivity (Wildman–Crippen MR) is 86.3 cm³/mol. The third-order valence-electron chi connectivity index (χ3n) is 3.56. The van der Waals surface area contributed by atoms with E-state index < -0.39 is 0 Å². The summed E-state index contributed by atoms with van der Waals surface area (Å²) in [5.41, 5.74) is 3.17. The summed E-state index contributed by atoms with van der Waals surface area (Å²) in [6, 6.07) is -0.158. The van der Waals surface area contributed by atoms with Gasteiger partial charge in [-0.3, -0.25) is 14.8 Å². The molecule has 2 N–H and O–H groups in total. The first-order valence-corrected chi connectivity index (χ1v) is 7.68. The molecule has 21 heavy (non-hydrogen) atoms. The Morgan fingerprint density at radius 3 is 2.29 bits per heavy atom. The van der Waals surface area contributed by atoms with Crippen molar-refractivity contribution in [1.29, 1.82) is 0 Å². The SMILES string of the molecule is CCn1nc(C)c(C(C)NC(C)C(=O)NC(C)(C)C)c1C. The zero-order valence-electron chi connectivity index (χ0n) is 14.7. The lowest BCUT2D eigenvalue weighted by Crippen LogP contribution is -2.50. The average Bonchev–Trinajstić information content (AvgIpc) is 2.61. The molecule has 5 heteroatoms. The zero-order chi connectivity index (χ0) is 16.4.